The highest BCUT2D eigenvalue weighted by Crippen LogP contribution is 2.27. The van der Waals surface area contributed by atoms with E-state index in [1.165, 1.54) is 7.11 Å². The Hall–Kier alpha value is -2.73. The zero-order valence-corrected chi connectivity index (χ0v) is 15.6. The lowest BCUT2D eigenvalue weighted by Gasteiger charge is -2.12. The number of para-hydroxylation sites is 2. The maximum atomic E-state index is 12.0. The summed E-state index contributed by atoms with van der Waals surface area (Å²) in [7, 11) is 1.50. The number of halogens is 1. The van der Waals surface area contributed by atoms with Crippen molar-refractivity contribution in [1.29, 1.82) is 0 Å². The minimum absolute atomic E-state index is 0.335. The smallest absolute Gasteiger partial charge is 0.344 e. The lowest BCUT2D eigenvalue weighted by Crippen LogP contribution is -2.24. The van der Waals surface area contributed by atoms with Crippen molar-refractivity contribution >= 4 is 29.2 Å². The van der Waals surface area contributed by atoms with Crippen molar-refractivity contribution in [2.75, 3.05) is 25.6 Å². The number of carbonyl (C=O) groups is 2. The van der Waals surface area contributed by atoms with Gasteiger partial charge in [-0.2, -0.15) is 0 Å². The van der Waals surface area contributed by atoms with Gasteiger partial charge in [0.25, 0.3) is 5.91 Å². The number of benzene rings is 2. The first-order valence-electron chi connectivity index (χ1n) is 7.88. The topological polar surface area (TPSA) is 73.9 Å². The number of anilines is 1. The minimum atomic E-state index is -0.669. The first kappa shape index (κ1) is 19.6. The first-order chi connectivity index (χ1) is 12.4. The van der Waals surface area contributed by atoms with Gasteiger partial charge in [0.1, 0.15) is 0 Å². The van der Waals surface area contributed by atoms with E-state index in [0.717, 1.165) is 11.1 Å². The number of esters is 1. The van der Waals surface area contributed by atoms with Crippen LogP contribution in [-0.2, 0) is 14.3 Å². The summed E-state index contributed by atoms with van der Waals surface area (Å²) in [6, 6.07) is 10.6. The van der Waals surface area contributed by atoms with Crippen LogP contribution < -0.4 is 14.8 Å². The van der Waals surface area contributed by atoms with Crippen LogP contribution in [-0.4, -0.2) is 32.2 Å². The maximum absolute atomic E-state index is 12.0. The van der Waals surface area contributed by atoms with Crippen LogP contribution in [0.3, 0.4) is 0 Å². The molecule has 0 atom stereocenters. The number of nitrogens with one attached hydrogen (secondary N) is 1. The molecule has 2 aromatic rings. The molecule has 1 N–H and O–H groups in total. The highest BCUT2D eigenvalue weighted by molar-refractivity contribution is 6.34. The standard InChI is InChI=1S/C19H20ClNO5/c1-12-8-13(2)19(14(20)9-12)21-17(22)10-26-18(23)11-25-16-7-5-4-6-15(16)24-3/h4-9H,10-11H2,1-3H3,(H,21,22). The van der Waals surface area contributed by atoms with Gasteiger partial charge < -0.3 is 19.5 Å². The first-order valence-corrected chi connectivity index (χ1v) is 8.26. The molecule has 6 nitrogen and oxygen atoms in total. The molecule has 138 valence electrons. The maximum Gasteiger partial charge on any atom is 0.344 e. The Morgan fingerprint density at radius 1 is 1.08 bits per heavy atom. The van der Waals surface area contributed by atoms with Crippen LogP contribution >= 0.6 is 11.6 Å². The molecule has 0 aromatic heterocycles. The zero-order valence-electron chi connectivity index (χ0n) is 14.8. The fraction of sp³-hybridized carbons (Fsp3) is 0.263. The van der Waals surface area contributed by atoms with E-state index in [1.54, 1.807) is 30.3 Å². The summed E-state index contributed by atoms with van der Waals surface area (Å²) < 4.78 is 15.4. The van der Waals surface area contributed by atoms with Gasteiger partial charge in [0.2, 0.25) is 0 Å². The summed E-state index contributed by atoms with van der Waals surface area (Å²) in [5.74, 6) is -0.233. The molecule has 0 saturated carbocycles. The van der Waals surface area contributed by atoms with Crippen LogP contribution in [0.1, 0.15) is 11.1 Å². The average molecular weight is 378 g/mol. The predicted molar refractivity (Wildman–Crippen MR) is 99.0 cm³/mol. The van der Waals surface area contributed by atoms with Gasteiger partial charge in [-0.05, 0) is 43.2 Å². The molecule has 0 aliphatic rings. The van der Waals surface area contributed by atoms with Crippen LogP contribution in [0.4, 0.5) is 5.69 Å². The Labute approximate surface area is 157 Å². The molecule has 0 aliphatic heterocycles. The van der Waals surface area contributed by atoms with Crippen LogP contribution in [0.15, 0.2) is 36.4 Å². The second-order valence-electron chi connectivity index (χ2n) is 5.59. The number of carbonyl (C=O) groups excluding carboxylic acids is 2. The van der Waals surface area contributed by atoms with Crippen molar-refractivity contribution in [2.45, 2.75) is 13.8 Å². The van der Waals surface area contributed by atoms with Gasteiger partial charge in [0, 0.05) is 0 Å². The minimum Gasteiger partial charge on any atom is -0.493 e. The molecule has 0 fully saturated rings. The van der Waals surface area contributed by atoms with Gasteiger partial charge in [-0.15, -0.1) is 0 Å². The molecule has 0 saturated heterocycles. The summed E-state index contributed by atoms with van der Waals surface area (Å²) in [6.07, 6.45) is 0. The molecule has 2 rings (SSSR count). The second-order valence-corrected chi connectivity index (χ2v) is 5.99. The Balaban J connectivity index is 1.83. The molecule has 0 spiro atoms. The molecule has 26 heavy (non-hydrogen) atoms. The van der Waals surface area contributed by atoms with Crippen molar-refractivity contribution in [3.63, 3.8) is 0 Å². The highest BCUT2D eigenvalue weighted by atomic mass is 35.5. The van der Waals surface area contributed by atoms with E-state index >= 15 is 0 Å². The molecule has 2 aromatic carbocycles. The van der Waals surface area contributed by atoms with Gasteiger partial charge in [-0.25, -0.2) is 4.79 Å². The Morgan fingerprint density at radius 2 is 1.77 bits per heavy atom. The van der Waals surface area contributed by atoms with Gasteiger partial charge in [-0.3, -0.25) is 4.79 Å². The quantitative estimate of drug-likeness (QED) is 0.747. The molecule has 0 radical (unpaired) electrons. The molecule has 0 heterocycles. The third-order valence-corrected chi connectivity index (χ3v) is 3.77. The molecular formula is C19H20ClNO5. The largest absolute Gasteiger partial charge is 0.493 e. The van der Waals surface area contributed by atoms with Crippen molar-refractivity contribution in [3.05, 3.63) is 52.5 Å². The Kier molecular flexibility index (Phi) is 6.86. The van der Waals surface area contributed by atoms with Crippen LogP contribution in [0.2, 0.25) is 5.02 Å². The number of hydrogen-bond acceptors (Lipinski definition) is 5. The van der Waals surface area contributed by atoms with Gasteiger partial charge in [0.05, 0.1) is 17.8 Å². The number of ether oxygens (including phenoxy) is 3. The molecule has 7 heteroatoms. The van der Waals surface area contributed by atoms with E-state index in [-0.39, 0.29) is 6.61 Å². The molecule has 1 amide bonds. The number of rotatable bonds is 7. The third-order valence-electron chi connectivity index (χ3n) is 3.48. The van der Waals surface area contributed by atoms with Crippen molar-refractivity contribution < 1.29 is 23.8 Å². The number of methoxy groups -OCH3 is 1. The molecule has 0 bridgehead atoms. The SMILES string of the molecule is COc1ccccc1OCC(=O)OCC(=O)Nc1c(C)cc(C)cc1Cl. The van der Waals surface area contributed by atoms with E-state index < -0.39 is 18.5 Å². The van der Waals surface area contributed by atoms with Crippen molar-refractivity contribution in [3.8, 4) is 11.5 Å². The monoisotopic (exact) mass is 377 g/mol. The van der Waals surface area contributed by atoms with Crippen LogP contribution in [0, 0.1) is 13.8 Å². The van der Waals surface area contributed by atoms with E-state index in [0.29, 0.717) is 22.2 Å². The summed E-state index contributed by atoms with van der Waals surface area (Å²) in [5, 5.41) is 3.08. The van der Waals surface area contributed by atoms with Gasteiger partial charge >= 0.3 is 5.97 Å². The lowest BCUT2D eigenvalue weighted by atomic mass is 10.1. The molecule has 0 unspecified atom stereocenters. The van der Waals surface area contributed by atoms with Crippen LogP contribution in [0.25, 0.3) is 0 Å². The normalized spacial score (nSPS) is 10.2. The Morgan fingerprint density at radius 3 is 2.42 bits per heavy atom. The van der Waals surface area contributed by atoms with Gasteiger partial charge in [-0.1, -0.05) is 29.8 Å². The summed E-state index contributed by atoms with van der Waals surface area (Å²) in [5.41, 5.74) is 2.32. The Bertz CT molecular complexity index is 783. The zero-order chi connectivity index (χ0) is 19.1. The van der Waals surface area contributed by atoms with E-state index in [9.17, 15) is 9.59 Å². The predicted octanol–water partition coefficient (Wildman–Crippen LogP) is 3.53. The number of hydrogen-bond donors (Lipinski definition) is 1. The highest BCUT2D eigenvalue weighted by Gasteiger charge is 2.13. The fourth-order valence-corrected chi connectivity index (χ4v) is 2.68. The summed E-state index contributed by atoms with van der Waals surface area (Å²) >= 11 is 6.13. The number of aryl methyl sites for hydroxylation is 2. The number of amides is 1. The lowest BCUT2D eigenvalue weighted by molar-refractivity contribution is -0.149. The summed E-state index contributed by atoms with van der Waals surface area (Å²) in [4.78, 5) is 23.7. The average Bonchev–Trinajstić information content (AvgIpc) is 2.61. The molecular weight excluding hydrogens is 358 g/mol. The van der Waals surface area contributed by atoms with Crippen molar-refractivity contribution in [2.24, 2.45) is 0 Å². The second kappa shape index (κ2) is 9.10. The third kappa shape index (κ3) is 5.39. The summed E-state index contributed by atoms with van der Waals surface area (Å²) in [6.45, 7) is 2.98. The van der Waals surface area contributed by atoms with Crippen LogP contribution in [0.5, 0.6) is 11.5 Å². The van der Waals surface area contributed by atoms with E-state index in [1.807, 2.05) is 19.9 Å². The van der Waals surface area contributed by atoms with Crippen molar-refractivity contribution in [1.82, 2.24) is 0 Å². The van der Waals surface area contributed by atoms with E-state index in [4.69, 9.17) is 25.8 Å². The fourth-order valence-electron chi connectivity index (χ4n) is 2.31. The van der Waals surface area contributed by atoms with E-state index in [2.05, 4.69) is 5.32 Å². The van der Waals surface area contributed by atoms with Gasteiger partial charge in [0.15, 0.2) is 24.7 Å². The molecule has 0 aliphatic carbocycles.